The molecule has 0 spiro atoms. The van der Waals surface area contributed by atoms with E-state index < -0.39 is 0 Å². The van der Waals surface area contributed by atoms with E-state index in [-0.39, 0.29) is 17.4 Å². The van der Waals surface area contributed by atoms with Gasteiger partial charge in [0.2, 0.25) is 5.95 Å². The predicted molar refractivity (Wildman–Crippen MR) is 120 cm³/mol. The molecule has 0 aliphatic heterocycles. The fourth-order valence-electron chi connectivity index (χ4n) is 3.21. The highest BCUT2D eigenvalue weighted by atomic mass is 35.5. The molecule has 3 rings (SSSR count). The van der Waals surface area contributed by atoms with Crippen LogP contribution in [-0.4, -0.2) is 42.1 Å². The molecule has 0 amide bonds. The third-order valence-electron chi connectivity index (χ3n) is 4.81. The Hall–Kier alpha value is -2.23. The van der Waals surface area contributed by atoms with Gasteiger partial charge in [-0.1, -0.05) is 31.5 Å². The zero-order valence-corrected chi connectivity index (χ0v) is 19.1. The zero-order valence-electron chi connectivity index (χ0n) is 17.5. The molecule has 0 aliphatic carbocycles. The highest BCUT2D eigenvalue weighted by Crippen LogP contribution is 2.32. The van der Waals surface area contributed by atoms with Crippen LogP contribution in [0, 0.1) is 0 Å². The van der Waals surface area contributed by atoms with Crippen LogP contribution in [0.25, 0.3) is 11.5 Å². The Morgan fingerprint density at radius 2 is 1.87 bits per heavy atom. The van der Waals surface area contributed by atoms with E-state index in [1.54, 1.807) is 25.7 Å². The molecule has 0 saturated carbocycles. The van der Waals surface area contributed by atoms with Crippen LogP contribution in [0.4, 0.5) is 5.95 Å². The van der Waals surface area contributed by atoms with E-state index >= 15 is 0 Å². The maximum Gasteiger partial charge on any atom is 0.235 e. The lowest BCUT2D eigenvalue weighted by molar-refractivity contribution is 0.0972. The Balaban J connectivity index is 1.82. The van der Waals surface area contributed by atoms with Gasteiger partial charge in [-0.15, -0.1) is 10.2 Å². The van der Waals surface area contributed by atoms with Gasteiger partial charge in [0.1, 0.15) is 11.8 Å². The first-order chi connectivity index (χ1) is 14.6. The average Bonchev–Trinajstić information content (AvgIpc) is 3.19. The summed E-state index contributed by atoms with van der Waals surface area (Å²) in [5, 5.41) is 9.31. The quantitative estimate of drug-likeness (QED) is 0.435. The van der Waals surface area contributed by atoms with E-state index in [0.717, 1.165) is 24.4 Å². The topological polar surface area (TPSA) is 90.6 Å². The normalized spacial score (nSPS) is 13.4. The van der Waals surface area contributed by atoms with Crippen LogP contribution in [0.2, 0.25) is 5.02 Å². The summed E-state index contributed by atoms with van der Waals surface area (Å²) in [6.45, 7) is 6.37. The van der Waals surface area contributed by atoms with Crippen molar-refractivity contribution in [3.8, 4) is 11.5 Å². The number of hydrogen-bond donors (Lipinski definition) is 1. The SMILES string of the molecule is CCC(CC)n1c(NSC(C)C(OC)c2ncc(Cl)cn2)nnc1-c1ccccn1. The number of nitrogens with one attached hydrogen (secondary N) is 1. The van der Waals surface area contributed by atoms with Crippen molar-refractivity contribution in [1.29, 1.82) is 0 Å². The Bertz CT molecular complexity index is 919. The molecule has 10 heteroatoms. The fraction of sp³-hybridized carbons (Fsp3) is 0.450. The first kappa shape index (κ1) is 22.5. The maximum absolute atomic E-state index is 5.90. The lowest BCUT2D eigenvalue weighted by atomic mass is 10.1. The number of methoxy groups -OCH3 is 1. The molecule has 0 fully saturated rings. The van der Waals surface area contributed by atoms with Gasteiger partial charge in [0.15, 0.2) is 11.6 Å². The minimum atomic E-state index is -0.306. The molecule has 160 valence electrons. The first-order valence-electron chi connectivity index (χ1n) is 9.87. The van der Waals surface area contributed by atoms with E-state index in [4.69, 9.17) is 16.3 Å². The van der Waals surface area contributed by atoms with Crippen molar-refractivity contribution in [2.24, 2.45) is 0 Å². The summed E-state index contributed by atoms with van der Waals surface area (Å²) in [5.74, 6) is 2.02. The molecule has 2 atom stereocenters. The summed E-state index contributed by atoms with van der Waals surface area (Å²) < 4.78 is 11.1. The van der Waals surface area contributed by atoms with Gasteiger partial charge in [0, 0.05) is 31.7 Å². The first-order valence-corrected chi connectivity index (χ1v) is 11.1. The number of nitrogens with zero attached hydrogens (tertiary/aromatic N) is 6. The Morgan fingerprint density at radius 3 is 2.47 bits per heavy atom. The molecule has 3 aromatic heterocycles. The number of ether oxygens (including phenoxy) is 1. The third-order valence-corrected chi connectivity index (χ3v) is 5.92. The molecule has 2 unspecified atom stereocenters. The highest BCUT2D eigenvalue weighted by Gasteiger charge is 2.25. The van der Waals surface area contributed by atoms with Crippen molar-refractivity contribution in [1.82, 2.24) is 29.7 Å². The number of hydrogen-bond acceptors (Lipinski definition) is 8. The molecule has 1 N–H and O–H groups in total. The summed E-state index contributed by atoms with van der Waals surface area (Å²) in [7, 11) is 1.64. The van der Waals surface area contributed by atoms with Crippen molar-refractivity contribution in [3.05, 3.63) is 47.6 Å². The number of aromatic nitrogens is 6. The second kappa shape index (κ2) is 10.7. The molecule has 0 aromatic carbocycles. The molecular formula is C20H26ClN7OS. The van der Waals surface area contributed by atoms with E-state index in [2.05, 4.69) is 48.3 Å². The van der Waals surface area contributed by atoms with Crippen LogP contribution in [0.15, 0.2) is 36.8 Å². The van der Waals surface area contributed by atoms with Gasteiger partial charge >= 0.3 is 0 Å². The number of anilines is 1. The van der Waals surface area contributed by atoms with Gasteiger partial charge in [-0.25, -0.2) is 9.97 Å². The van der Waals surface area contributed by atoms with Crippen LogP contribution < -0.4 is 4.72 Å². The van der Waals surface area contributed by atoms with E-state index in [9.17, 15) is 0 Å². The third kappa shape index (κ3) is 5.08. The molecule has 0 aliphatic rings. The monoisotopic (exact) mass is 447 g/mol. The van der Waals surface area contributed by atoms with Crippen LogP contribution in [-0.2, 0) is 4.74 Å². The second-order valence-electron chi connectivity index (χ2n) is 6.74. The maximum atomic E-state index is 5.90. The molecule has 0 bridgehead atoms. The van der Waals surface area contributed by atoms with Gasteiger partial charge in [-0.2, -0.15) is 0 Å². The summed E-state index contributed by atoms with van der Waals surface area (Å²) in [5.41, 5.74) is 0.798. The van der Waals surface area contributed by atoms with E-state index in [1.807, 2.05) is 25.1 Å². The summed E-state index contributed by atoms with van der Waals surface area (Å²) in [6.07, 6.45) is 6.53. The minimum Gasteiger partial charge on any atom is -0.372 e. The smallest absolute Gasteiger partial charge is 0.235 e. The lowest BCUT2D eigenvalue weighted by Crippen LogP contribution is -2.19. The number of rotatable bonds is 10. The van der Waals surface area contributed by atoms with Crippen molar-refractivity contribution in [2.45, 2.75) is 51.0 Å². The largest absolute Gasteiger partial charge is 0.372 e. The molecule has 3 heterocycles. The zero-order chi connectivity index (χ0) is 21.5. The molecule has 30 heavy (non-hydrogen) atoms. The second-order valence-corrected chi connectivity index (χ2v) is 8.36. The summed E-state index contributed by atoms with van der Waals surface area (Å²) >= 11 is 7.39. The average molecular weight is 448 g/mol. The van der Waals surface area contributed by atoms with Crippen LogP contribution >= 0.6 is 23.5 Å². The lowest BCUT2D eigenvalue weighted by Gasteiger charge is -2.23. The van der Waals surface area contributed by atoms with Gasteiger partial charge < -0.3 is 4.74 Å². The Labute approximate surface area is 186 Å². The standard InChI is InChI=1S/C20H26ClN7OS/c1-5-15(6-2)28-19(16-9-7-8-10-22-16)25-26-20(28)27-30-13(3)17(29-4)18-23-11-14(21)12-24-18/h7-13,15,17H,5-6H2,1-4H3,(H,26,27). The van der Waals surface area contributed by atoms with Crippen molar-refractivity contribution in [2.75, 3.05) is 11.8 Å². The molecule has 0 saturated heterocycles. The van der Waals surface area contributed by atoms with Crippen molar-refractivity contribution in [3.63, 3.8) is 0 Å². The fourth-order valence-corrected chi connectivity index (χ4v) is 4.10. The summed E-state index contributed by atoms with van der Waals surface area (Å²) in [4.78, 5) is 13.0. The molecule has 0 radical (unpaired) electrons. The predicted octanol–water partition coefficient (Wildman–Crippen LogP) is 4.98. The number of pyridine rings is 1. The van der Waals surface area contributed by atoms with Crippen LogP contribution in [0.3, 0.4) is 0 Å². The van der Waals surface area contributed by atoms with Gasteiger partial charge in [0.25, 0.3) is 0 Å². The van der Waals surface area contributed by atoms with E-state index in [0.29, 0.717) is 16.8 Å². The molecule has 8 nitrogen and oxygen atoms in total. The highest BCUT2D eigenvalue weighted by molar-refractivity contribution is 8.01. The summed E-state index contributed by atoms with van der Waals surface area (Å²) in [6, 6.07) is 6.05. The molecule has 3 aromatic rings. The van der Waals surface area contributed by atoms with Gasteiger partial charge in [-0.05, 0) is 43.8 Å². The Kier molecular flexibility index (Phi) is 8.01. The number of halogens is 1. The van der Waals surface area contributed by atoms with Gasteiger partial charge in [-0.3, -0.25) is 14.3 Å². The van der Waals surface area contributed by atoms with E-state index in [1.165, 1.54) is 11.9 Å². The van der Waals surface area contributed by atoms with Gasteiger partial charge in [0.05, 0.1) is 10.3 Å². The molecular weight excluding hydrogens is 422 g/mol. The van der Waals surface area contributed by atoms with Crippen LogP contribution in [0.5, 0.6) is 0 Å². The van der Waals surface area contributed by atoms with Crippen LogP contribution in [0.1, 0.15) is 51.6 Å². The Morgan fingerprint density at radius 1 is 1.13 bits per heavy atom. The van der Waals surface area contributed by atoms with Crippen molar-refractivity contribution >= 4 is 29.5 Å². The van der Waals surface area contributed by atoms with Crippen molar-refractivity contribution < 1.29 is 4.74 Å². The minimum absolute atomic E-state index is 0.00123.